The van der Waals surface area contributed by atoms with Crippen LogP contribution in [0.5, 0.6) is 5.75 Å². The van der Waals surface area contributed by atoms with E-state index in [2.05, 4.69) is 70.2 Å². The van der Waals surface area contributed by atoms with Crippen molar-refractivity contribution >= 4 is 34.6 Å². The van der Waals surface area contributed by atoms with E-state index >= 15 is 0 Å². The van der Waals surface area contributed by atoms with Gasteiger partial charge in [-0.05, 0) is 60.2 Å². The minimum Gasteiger partial charge on any atom is -0.489 e. The number of piperazine rings is 1. The molecule has 1 saturated heterocycles. The monoisotopic (exact) mass is 469 g/mol. The fraction of sp³-hybridized carbons (Fsp3) is 0.214. The normalized spacial score (nSPS) is 17.3. The van der Waals surface area contributed by atoms with Crippen molar-refractivity contribution in [1.82, 2.24) is 4.90 Å². The van der Waals surface area contributed by atoms with Crippen LogP contribution in [0.25, 0.3) is 6.08 Å². The zero-order chi connectivity index (χ0) is 23.3. The molecule has 34 heavy (non-hydrogen) atoms. The van der Waals surface area contributed by atoms with Crippen molar-refractivity contribution in [1.29, 1.82) is 0 Å². The van der Waals surface area contributed by atoms with Gasteiger partial charge >= 0.3 is 0 Å². The van der Waals surface area contributed by atoms with Gasteiger partial charge in [0.1, 0.15) is 12.4 Å². The molecule has 0 radical (unpaired) electrons. The summed E-state index contributed by atoms with van der Waals surface area (Å²) in [5, 5.41) is 0.802. The second kappa shape index (κ2) is 10.2. The first kappa shape index (κ1) is 22.3. The van der Waals surface area contributed by atoms with Crippen molar-refractivity contribution in [2.75, 3.05) is 31.1 Å². The van der Waals surface area contributed by atoms with Crippen LogP contribution in [0.2, 0.25) is 0 Å². The summed E-state index contributed by atoms with van der Waals surface area (Å²) in [7, 11) is 0. The Balaban J connectivity index is 1.19. The molecule has 0 aromatic heterocycles. The molecule has 5 nitrogen and oxygen atoms in total. The van der Waals surface area contributed by atoms with Gasteiger partial charge in [0.25, 0.3) is 5.91 Å². The smallest absolute Gasteiger partial charge is 0.286 e. The molecule has 1 fully saturated rings. The number of hydrogen-bond donors (Lipinski definition) is 0. The molecule has 0 atom stereocenters. The van der Waals surface area contributed by atoms with Crippen LogP contribution in [0.15, 0.2) is 88.8 Å². The number of hydrogen-bond acceptors (Lipinski definition) is 5. The number of rotatable bonds is 5. The Morgan fingerprint density at radius 1 is 0.912 bits per heavy atom. The van der Waals surface area contributed by atoms with E-state index in [0.717, 1.165) is 48.2 Å². The van der Waals surface area contributed by atoms with Gasteiger partial charge in [0.2, 0.25) is 0 Å². The first-order chi connectivity index (χ1) is 16.6. The van der Waals surface area contributed by atoms with Crippen LogP contribution in [-0.4, -0.2) is 42.2 Å². The van der Waals surface area contributed by atoms with Gasteiger partial charge < -0.3 is 14.5 Å². The fourth-order valence-corrected chi connectivity index (χ4v) is 4.99. The molecule has 1 amide bonds. The quantitative estimate of drug-likeness (QED) is 0.471. The number of para-hydroxylation sites is 1. The van der Waals surface area contributed by atoms with Crippen LogP contribution in [0.1, 0.15) is 16.7 Å². The molecule has 3 aromatic rings. The minimum absolute atomic E-state index is 0.170. The summed E-state index contributed by atoms with van der Waals surface area (Å²) in [6.07, 6.45) is 1.91. The lowest BCUT2D eigenvalue weighted by molar-refractivity contribution is -0.113. The fourth-order valence-electron chi connectivity index (χ4n) is 4.02. The van der Waals surface area contributed by atoms with Crippen molar-refractivity contribution in [3.8, 4) is 5.75 Å². The highest BCUT2D eigenvalue weighted by atomic mass is 32.2. The predicted octanol–water partition coefficient (Wildman–Crippen LogP) is 5.37. The van der Waals surface area contributed by atoms with E-state index < -0.39 is 0 Å². The third-order valence-corrected chi connectivity index (χ3v) is 7.01. The molecule has 2 heterocycles. The molecule has 3 aromatic carbocycles. The minimum atomic E-state index is -0.170. The number of amides is 1. The number of carbonyl (C=O) groups is 1. The van der Waals surface area contributed by atoms with E-state index in [-0.39, 0.29) is 5.91 Å². The lowest BCUT2D eigenvalue weighted by Crippen LogP contribution is -2.47. The first-order valence-corrected chi connectivity index (χ1v) is 12.3. The molecule has 0 spiro atoms. The molecule has 0 aliphatic carbocycles. The van der Waals surface area contributed by atoms with Crippen molar-refractivity contribution < 1.29 is 9.53 Å². The predicted molar refractivity (Wildman–Crippen MR) is 140 cm³/mol. The molecule has 5 rings (SSSR count). The summed E-state index contributed by atoms with van der Waals surface area (Å²) in [6, 6.07) is 26.6. The third kappa shape index (κ3) is 5.34. The van der Waals surface area contributed by atoms with Gasteiger partial charge in [0.05, 0.1) is 4.91 Å². The second-order valence-corrected chi connectivity index (χ2v) is 9.48. The largest absolute Gasteiger partial charge is 0.489 e. The molecule has 6 heteroatoms. The van der Waals surface area contributed by atoms with Gasteiger partial charge in [-0.15, -0.1) is 0 Å². The van der Waals surface area contributed by atoms with E-state index in [9.17, 15) is 4.79 Å². The van der Waals surface area contributed by atoms with Crippen molar-refractivity contribution in [2.45, 2.75) is 13.5 Å². The number of aliphatic imine (C=N–C) groups is 1. The molecule has 2 aliphatic rings. The number of aryl methyl sites for hydroxylation is 1. The molecule has 0 unspecified atom stereocenters. The summed E-state index contributed by atoms with van der Waals surface area (Å²) in [5.41, 5.74) is 4.53. The third-order valence-electron chi connectivity index (χ3n) is 5.96. The summed E-state index contributed by atoms with van der Waals surface area (Å²) in [6.45, 7) is 6.11. The van der Waals surface area contributed by atoms with Crippen LogP contribution >= 0.6 is 11.8 Å². The zero-order valence-corrected chi connectivity index (χ0v) is 20.0. The Labute approximate surface area is 204 Å². The molecular formula is C28H27N3O2S. The molecule has 2 aliphatic heterocycles. The van der Waals surface area contributed by atoms with Crippen LogP contribution in [0.3, 0.4) is 0 Å². The van der Waals surface area contributed by atoms with Crippen molar-refractivity contribution in [3.63, 3.8) is 0 Å². The maximum Gasteiger partial charge on any atom is 0.286 e. The lowest BCUT2D eigenvalue weighted by Gasteiger charge is -2.36. The number of amidine groups is 1. The highest BCUT2D eigenvalue weighted by molar-refractivity contribution is 8.18. The standard InChI is InChI=1S/C28H27N3O2S/c1-21-10-12-22(13-11-21)20-33-25-9-5-6-23(18-25)19-26-27(32)29-28(34-26)31-16-14-30(15-17-31)24-7-3-2-4-8-24/h2-13,18-19H,14-17,20H2,1H3. The zero-order valence-electron chi connectivity index (χ0n) is 19.2. The van der Waals surface area contributed by atoms with Gasteiger partial charge in [-0.2, -0.15) is 4.99 Å². The van der Waals surface area contributed by atoms with Crippen LogP contribution < -0.4 is 9.64 Å². The van der Waals surface area contributed by atoms with Gasteiger partial charge in [-0.1, -0.05) is 60.2 Å². The number of carbonyl (C=O) groups excluding carboxylic acids is 1. The Hall–Kier alpha value is -3.51. The van der Waals surface area contributed by atoms with Gasteiger partial charge in [-0.3, -0.25) is 4.79 Å². The van der Waals surface area contributed by atoms with Crippen LogP contribution in [0, 0.1) is 6.92 Å². The van der Waals surface area contributed by atoms with E-state index in [1.54, 1.807) is 0 Å². The summed E-state index contributed by atoms with van der Waals surface area (Å²) in [5.74, 6) is 0.611. The van der Waals surface area contributed by atoms with Crippen LogP contribution in [0.4, 0.5) is 5.69 Å². The van der Waals surface area contributed by atoms with Gasteiger partial charge in [-0.25, -0.2) is 0 Å². The lowest BCUT2D eigenvalue weighted by atomic mass is 10.1. The van der Waals surface area contributed by atoms with E-state index in [1.807, 2.05) is 36.4 Å². The average molecular weight is 470 g/mol. The number of benzene rings is 3. The molecule has 172 valence electrons. The molecule has 0 bridgehead atoms. The van der Waals surface area contributed by atoms with Crippen LogP contribution in [-0.2, 0) is 11.4 Å². The first-order valence-electron chi connectivity index (χ1n) is 11.5. The van der Waals surface area contributed by atoms with Crippen molar-refractivity contribution in [2.24, 2.45) is 4.99 Å². The molecule has 0 N–H and O–H groups in total. The van der Waals surface area contributed by atoms with Gasteiger partial charge in [0.15, 0.2) is 5.17 Å². The Bertz CT molecular complexity index is 1210. The number of anilines is 1. The average Bonchev–Trinajstić information content (AvgIpc) is 3.24. The Kier molecular flexibility index (Phi) is 6.67. The SMILES string of the molecule is Cc1ccc(COc2cccc(C=C3SC(N4CCN(c5ccccc5)CC4)=NC3=O)c2)cc1. The highest BCUT2D eigenvalue weighted by Gasteiger charge is 2.28. The topological polar surface area (TPSA) is 45.1 Å². The Morgan fingerprint density at radius 3 is 2.41 bits per heavy atom. The van der Waals surface area contributed by atoms with E-state index in [0.29, 0.717) is 11.5 Å². The summed E-state index contributed by atoms with van der Waals surface area (Å²) >= 11 is 1.46. The Morgan fingerprint density at radius 2 is 1.65 bits per heavy atom. The van der Waals surface area contributed by atoms with Gasteiger partial charge in [0, 0.05) is 31.9 Å². The van der Waals surface area contributed by atoms with Crippen molar-refractivity contribution in [3.05, 3.63) is 100 Å². The number of ether oxygens (including phenoxy) is 1. The van der Waals surface area contributed by atoms with E-state index in [4.69, 9.17) is 4.74 Å². The molecule has 0 saturated carbocycles. The van der Waals surface area contributed by atoms with E-state index in [1.165, 1.54) is 23.0 Å². The molecular weight excluding hydrogens is 442 g/mol. The maximum absolute atomic E-state index is 12.6. The summed E-state index contributed by atoms with van der Waals surface area (Å²) in [4.78, 5) is 22.2. The highest BCUT2D eigenvalue weighted by Crippen LogP contribution is 2.31. The number of nitrogens with zero attached hydrogens (tertiary/aromatic N) is 3. The second-order valence-electron chi connectivity index (χ2n) is 8.47. The summed E-state index contributed by atoms with van der Waals surface area (Å²) < 4.78 is 5.96. The number of thioether (sulfide) groups is 1. The maximum atomic E-state index is 12.6.